The average molecular weight is 235 g/mol. The van der Waals surface area contributed by atoms with Gasteiger partial charge in [0.05, 0.1) is 6.34 Å². The summed E-state index contributed by atoms with van der Waals surface area (Å²) in [6.45, 7) is 2.60. The minimum absolute atomic E-state index is 0.120. The predicted molar refractivity (Wildman–Crippen MR) is 58.5 cm³/mol. The highest BCUT2D eigenvalue weighted by Gasteiger charge is 2.37. The van der Waals surface area contributed by atoms with Crippen molar-refractivity contribution in [1.82, 2.24) is 10.2 Å². The Hall–Kier alpha value is -2.38. The molecular formula is C9H9N5O3. The lowest BCUT2D eigenvalue weighted by molar-refractivity contribution is -0.122. The lowest BCUT2D eigenvalue weighted by Gasteiger charge is -2.17. The van der Waals surface area contributed by atoms with Crippen LogP contribution >= 0.6 is 0 Å². The van der Waals surface area contributed by atoms with E-state index < -0.39 is 17.9 Å². The SMILES string of the molecule is CC(=O)NC1=NC(=O)C2N=CN(C(C)=O)C2=N1. The van der Waals surface area contributed by atoms with Crippen molar-refractivity contribution in [1.29, 1.82) is 0 Å². The summed E-state index contributed by atoms with van der Waals surface area (Å²) in [6, 6.07) is -0.878. The van der Waals surface area contributed by atoms with Gasteiger partial charge in [0.25, 0.3) is 5.91 Å². The highest BCUT2D eigenvalue weighted by molar-refractivity contribution is 6.27. The number of nitrogens with zero attached hydrogens (tertiary/aromatic N) is 4. The molecule has 8 heteroatoms. The molecule has 1 N–H and O–H groups in total. The van der Waals surface area contributed by atoms with Gasteiger partial charge in [-0.05, 0) is 0 Å². The third kappa shape index (κ3) is 1.96. The summed E-state index contributed by atoms with van der Waals surface area (Å²) in [5.41, 5.74) is 0. The van der Waals surface area contributed by atoms with Crippen LogP contribution in [0.5, 0.6) is 0 Å². The normalized spacial score (nSPS) is 21.9. The maximum absolute atomic E-state index is 11.6. The molecule has 0 aromatic heterocycles. The van der Waals surface area contributed by atoms with E-state index in [-0.39, 0.29) is 17.7 Å². The number of hydrogen-bond donors (Lipinski definition) is 1. The van der Waals surface area contributed by atoms with E-state index in [0.717, 1.165) is 4.90 Å². The van der Waals surface area contributed by atoms with Crippen molar-refractivity contribution in [2.24, 2.45) is 15.0 Å². The van der Waals surface area contributed by atoms with Gasteiger partial charge in [-0.1, -0.05) is 0 Å². The second-order valence-electron chi connectivity index (χ2n) is 3.48. The van der Waals surface area contributed by atoms with E-state index in [4.69, 9.17) is 0 Å². The van der Waals surface area contributed by atoms with Crippen LogP contribution in [0.4, 0.5) is 0 Å². The quantitative estimate of drug-likeness (QED) is 0.562. The molecule has 0 saturated carbocycles. The number of aliphatic imine (C=N–C) groups is 3. The fourth-order valence-corrected chi connectivity index (χ4v) is 1.44. The number of guanidine groups is 1. The van der Waals surface area contributed by atoms with Gasteiger partial charge >= 0.3 is 0 Å². The Bertz CT molecular complexity index is 505. The predicted octanol–water partition coefficient (Wildman–Crippen LogP) is -1.32. The molecule has 1 unspecified atom stereocenters. The Labute approximate surface area is 96.1 Å². The van der Waals surface area contributed by atoms with Crippen LogP contribution in [0.1, 0.15) is 13.8 Å². The number of fused-ring (bicyclic) bond motifs is 1. The van der Waals surface area contributed by atoms with Crippen molar-refractivity contribution in [2.75, 3.05) is 0 Å². The molecule has 2 heterocycles. The molecule has 88 valence electrons. The molecule has 8 nitrogen and oxygen atoms in total. The number of hydrogen-bond acceptors (Lipinski definition) is 5. The van der Waals surface area contributed by atoms with E-state index in [1.807, 2.05) is 0 Å². The van der Waals surface area contributed by atoms with E-state index in [2.05, 4.69) is 20.3 Å². The van der Waals surface area contributed by atoms with Crippen LogP contribution < -0.4 is 5.32 Å². The zero-order valence-electron chi connectivity index (χ0n) is 9.17. The van der Waals surface area contributed by atoms with Crippen molar-refractivity contribution in [2.45, 2.75) is 19.9 Å². The van der Waals surface area contributed by atoms with Crippen LogP contribution in [0.25, 0.3) is 0 Å². The number of nitrogens with one attached hydrogen (secondary N) is 1. The summed E-state index contributed by atoms with van der Waals surface area (Å²) in [4.78, 5) is 46.1. The fourth-order valence-electron chi connectivity index (χ4n) is 1.44. The molecule has 0 aromatic rings. The number of carbonyl (C=O) groups is 3. The zero-order valence-corrected chi connectivity index (χ0v) is 9.17. The molecule has 0 spiro atoms. The maximum Gasteiger partial charge on any atom is 0.281 e. The summed E-state index contributed by atoms with van der Waals surface area (Å²) in [5, 5.41) is 2.29. The van der Waals surface area contributed by atoms with E-state index >= 15 is 0 Å². The molecule has 0 fully saturated rings. The van der Waals surface area contributed by atoms with Gasteiger partial charge in [-0.15, -0.1) is 0 Å². The molecule has 3 amide bonds. The van der Waals surface area contributed by atoms with Gasteiger partial charge in [-0.3, -0.25) is 29.6 Å². The fraction of sp³-hybridized carbons (Fsp3) is 0.333. The Kier molecular flexibility index (Phi) is 2.54. The Morgan fingerprint density at radius 1 is 1.35 bits per heavy atom. The number of amidine groups is 1. The first-order valence-corrected chi connectivity index (χ1v) is 4.81. The summed E-state index contributed by atoms with van der Waals surface area (Å²) in [5.74, 6) is -1.22. The summed E-state index contributed by atoms with van der Waals surface area (Å²) in [6.07, 6.45) is 1.23. The van der Waals surface area contributed by atoms with Crippen LogP contribution in [0.2, 0.25) is 0 Å². The van der Waals surface area contributed by atoms with Gasteiger partial charge in [0.2, 0.25) is 17.8 Å². The van der Waals surface area contributed by atoms with Crippen molar-refractivity contribution in [3.05, 3.63) is 0 Å². The largest absolute Gasteiger partial charge is 0.295 e. The topological polar surface area (TPSA) is 104 Å². The molecule has 2 rings (SSSR count). The standard InChI is InChI=1S/C9H9N5O3/c1-4(15)11-9-12-7-6(8(17)13-9)10-3-14(7)5(2)16/h3,6H,1-2H3,(H,11,13,15,17). The molecule has 1 atom stereocenters. The van der Waals surface area contributed by atoms with Crippen LogP contribution in [0.3, 0.4) is 0 Å². The molecule has 0 bridgehead atoms. The highest BCUT2D eigenvalue weighted by atomic mass is 16.2. The number of amides is 3. The molecule has 0 aromatic carbocycles. The lowest BCUT2D eigenvalue weighted by atomic mass is 10.2. The first-order valence-electron chi connectivity index (χ1n) is 4.81. The summed E-state index contributed by atoms with van der Waals surface area (Å²) in [7, 11) is 0. The first-order chi connectivity index (χ1) is 7.99. The molecule has 2 aliphatic heterocycles. The van der Waals surface area contributed by atoms with Crippen LogP contribution in [0.15, 0.2) is 15.0 Å². The van der Waals surface area contributed by atoms with Crippen molar-refractivity contribution in [3.8, 4) is 0 Å². The highest BCUT2D eigenvalue weighted by Crippen LogP contribution is 2.13. The first kappa shape index (κ1) is 11.1. The Balaban J connectivity index is 2.32. The molecule has 2 aliphatic rings. The second-order valence-corrected chi connectivity index (χ2v) is 3.48. The van der Waals surface area contributed by atoms with Gasteiger partial charge in [-0.25, -0.2) is 0 Å². The van der Waals surface area contributed by atoms with E-state index in [1.165, 1.54) is 20.2 Å². The van der Waals surface area contributed by atoms with Crippen LogP contribution in [-0.4, -0.2) is 46.8 Å². The second kappa shape index (κ2) is 3.89. The molecule has 0 radical (unpaired) electrons. The monoisotopic (exact) mass is 235 g/mol. The third-order valence-corrected chi connectivity index (χ3v) is 2.12. The summed E-state index contributed by atoms with van der Waals surface area (Å²) >= 11 is 0. The van der Waals surface area contributed by atoms with E-state index in [1.54, 1.807) is 0 Å². The Morgan fingerprint density at radius 3 is 2.65 bits per heavy atom. The number of carbonyl (C=O) groups excluding carboxylic acids is 3. The van der Waals surface area contributed by atoms with Gasteiger partial charge in [-0.2, -0.15) is 9.98 Å². The maximum atomic E-state index is 11.6. The Morgan fingerprint density at radius 2 is 2.06 bits per heavy atom. The minimum atomic E-state index is -0.878. The van der Waals surface area contributed by atoms with Gasteiger partial charge in [0, 0.05) is 13.8 Å². The smallest absolute Gasteiger partial charge is 0.281 e. The average Bonchev–Trinajstić information content (AvgIpc) is 2.60. The van der Waals surface area contributed by atoms with E-state index in [0.29, 0.717) is 0 Å². The molecule has 0 aliphatic carbocycles. The molecular weight excluding hydrogens is 226 g/mol. The minimum Gasteiger partial charge on any atom is -0.295 e. The van der Waals surface area contributed by atoms with Gasteiger partial charge < -0.3 is 0 Å². The van der Waals surface area contributed by atoms with Crippen LogP contribution in [0, 0.1) is 0 Å². The lowest BCUT2D eigenvalue weighted by Crippen LogP contribution is -2.43. The van der Waals surface area contributed by atoms with Crippen molar-refractivity contribution in [3.63, 3.8) is 0 Å². The van der Waals surface area contributed by atoms with Crippen LogP contribution in [-0.2, 0) is 14.4 Å². The van der Waals surface area contributed by atoms with Gasteiger partial charge in [0.1, 0.15) is 0 Å². The zero-order chi connectivity index (χ0) is 12.6. The van der Waals surface area contributed by atoms with E-state index in [9.17, 15) is 14.4 Å². The molecule has 17 heavy (non-hydrogen) atoms. The van der Waals surface area contributed by atoms with Gasteiger partial charge in [0.15, 0.2) is 11.9 Å². The molecule has 0 saturated heterocycles. The van der Waals surface area contributed by atoms with Crippen molar-refractivity contribution >= 4 is 35.9 Å². The number of rotatable bonds is 0. The summed E-state index contributed by atoms with van der Waals surface area (Å²) < 4.78 is 0. The van der Waals surface area contributed by atoms with Crippen molar-refractivity contribution < 1.29 is 14.4 Å². The third-order valence-electron chi connectivity index (χ3n) is 2.12.